The fraction of sp³-hybridized carbons (Fsp3) is 0.562. The van der Waals surface area contributed by atoms with Gasteiger partial charge in [-0.2, -0.15) is 0 Å². The summed E-state index contributed by atoms with van der Waals surface area (Å²) < 4.78 is 11.7. The molecule has 0 aliphatic carbocycles. The first-order chi connectivity index (χ1) is 10.9. The molecule has 1 saturated heterocycles. The van der Waals surface area contributed by atoms with Gasteiger partial charge in [-0.15, -0.1) is 0 Å². The lowest BCUT2D eigenvalue weighted by atomic mass is 10.0. The third-order valence-corrected chi connectivity index (χ3v) is 4.63. The van der Waals surface area contributed by atoms with Crippen LogP contribution in [0, 0.1) is 0 Å². The monoisotopic (exact) mass is 404 g/mol. The average Bonchev–Trinajstić information content (AvgIpc) is 2.53. The highest BCUT2D eigenvalue weighted by Gasteiger charge is 2.28. The summed E-state index contributed by atoms with van der Waals surface area (Å²) in [5, 5.41) is 3.40. The maximum absolute atomic E-state index is 12.0. The molecule has 1 fully saturated rings. The van der Waals surface area contributed by atoms with Crippen LogP contribution < -0.4 is 10.1 Å². The van der Waals surface area contributed by atoms with Gasteiger partial charge in [0, 0.05) is 29.6 Å². The predicted molar refractivity (Wildman–Crippen MR) is 94.1 cm³/mol. The van der Waals surface area contributed by atoms with E-state index in [9.17, 15) is 4.79 Å². The number of halogens is 2. The van der Waals surface area contributed by atoms with E-state index in [4.69, 9.17) is 21.1 Å². The van der Waals surface area contributed by atoms with E-state index in [0.717, 1.165) is 30.8 Å². The number of rotatable bonds is 6. The quantitative estimate of drug-likeness (QED) is 0.790. The zero-order valence-electron chi connectivity index (χ0n) is 13.4. The summed E-state index contributed by atoms with van der Waals surface area (Å²) in [4.78, 5) is 14.3. The van der Waals surface area contributed by atoms with E-state index in [1.165, 1.54) is 0 Å². The van der Waals surface area contributed by atoms with Crippen molar-refractivity contribution in [1.82, 2.24) is 10.2 Å². The Morgan fingerprint density at radius 2 is 2.13 bits per heavy atom. The van der Waals surface area contributed by atoms with Crippen LogP contribution in [-0.4, -0.2) is 55.8 Å². The molecule has 1 amide bonds. The molecule has 2 rings (SSSR count). The Bertz CT molecular complexity index is 548. The zero-order valence-corrected chi connectivity index (χ0v) is 15.7. The Morgan fingerprint density at radius 1 is 1.43 bits per heavy atom. The lowest BCUT2D eigenvalue weighted by Crippen LogP contribution is -2.55. The number of nitrogens with one attached hydrogen (secondary N) is 1. The van der Waals surface area contributed by atoms with Crippen molar-refractivity contribution in [2.24, 2.45) is 0 Å². The third kappa shape index (κ3) is 5.64. The van der Waals surface area contributed by atoms with Crippen molar-refractivity contribution in [3.8, 4) is 5.75 Å². The van der Waals surface area contributed by atoms with Crippen LogP contribution in [0.3, 0.4) is 0 Å². The molecule has 5 nitrogen and oxygen atoms in total. The van der Waals surface area contributed by atoms with Gasteiger partial charge >= 0.3 is 0 Å². The molecule has 0 saturated carbocycles. The van der Waals surface area contributed by atoms with Gasteiger partial charge in [0.05, 0.1) is 18.2 Å². The smallest absolute Gasteiger partial charge is 0.258 e. The lowest BCUT2D eigenvalue weighted by molar-refractivity contribution is -0.123. The standard InChI is InChI=1S/C16H22BrClN2O3/c1-16(2,20-5-7-22-8-6-20)11-19-15(21)10-23-14-4-3-12(17)9-13(14)18/h3-4,9H,5-8,10-11H2,1-2H3,(H,19,21). The van der Waals surface area contributed by atoms with Crippen LogP contribution in [0.1, 0.15) is 13.8 Å². The Balaban J connectivity index is 1.78. The van der Waals surface area contributed by atoms with Gasteiger partial charge in [0.2, 0.25) is 0 Å². The van der Waals surface area contributed by atoms with Gasteiger partial charge in [0.15, 0.2) is 6.61 Å². The SMILES string of the molecule is CC(C)(CNC(=O)COc1ccc(Br)cc1Cl)N1CCOCC1. The summed E-state index contributed by atoms with van der Waals surface area (Å²) in [5.74, 6) is 0.336. The van der Waals surface area contributed by atoms with Crippen molar-refractivity contribution in [2.75, 3.05) is 39.5 Å². The summed E-state index contributed by atoms with van der Waals surface area (Å²) in [7, 11) is 0. The molecule has 7 heteroatoms. The van der Waals surface area contributed by atoms with Crippen LogP contribution in [0.25, 0.3) is 0 Å². The topological polar surface area (TPSA) is 50.8 Å². The molecule has 0 spiro atoms. The number of morpholine rings is 1. The van der Waals surface area contributed by atoms with E-state index in [1.54, 1.807) is 12.1 Å². The van der Waals surface area contributed by atoms with Gasteiger partial charge < -0.3 is 14.8 Å². The van der Waals surface area contributed by atoms with Crippen molar-refractivity contribution < 1.29 is 14.3 Å². The molecule has 1 heterocycles. The minimum Gasteiger partial charge on any atom is -0.482 e. The first kappa shape index (κ1) is 18.5. The molecule has 23 heavy (non-hydrogen) atoms. The normalized spacial score (nSPS) is 16.2. The van der Waals surface area contributed by atoms with Gasteiger partial charge in [-0.3, -0.25) is 9.69 Å². The van der Waals surface area contributed by atoms with Gasteiger partial charge in [-0.05, 0) is 32.0 Å². The van der Waals surface area contributed by atoms with Crippen LogP contribution in [0.15, 0.2) is 22.7 Å². The van der Waals surface area contributed by atoms with E-state index in [2.05, 4.69) is 40.0 Å². The van der Waals surface area contributed by atoms with E-state index < -0.39 is 0 Å². The van der Waals surface area contributed by atoms with Crippen LogP contribution in [0.4, 0.5) is 0 Å². The fourth-order valence-electron chi connectivity index (χ4n) is 2.38. The second kappa shape index (κ2) is 8.33. The molecule has 1 aliphatic heterocycles. The number of hydrogen-bond acceptors (Lipinski definition) is 4. The molecule has 0 unspecified atom stereocenters. The van der Waals surface area contributed by atoms with E-state index in [0.29, 0.717) is 17.3 Å². The molecule has 0 radical (unpaired) electrons. The van der Waals surface area contributed by atoms with E-state index in [-0.39, 0.29) is 18.1 Å². The van der Waals surface area contributed by atoms with Gasteiger partial charge in [0.1, 0.15) is 5.75 Å². The molecule has 0 aromatic heterocycles. The number of hydrogen-bond donors (Lipinski definition) is 1. The Morgan fingerprint density at radius 3 is 2.78 bits per heavy atom. The third-order valence-electron chi connectivity index (χ3n) is 3.84. The minimum atomic E-state index is -0.162. The first-order valence-electron chi connectivity index (χ1n) is 7.56. The van der Waals surface area contributed by atoms with Crippen molar-refractivity contribution in [1.29, 1.82) is 0 Å². The molecule has 1 aromatic carbocycles. The maximum Gasteiger partial charge on any atom is 0.258 e. The largest absolute Gasteiger partial charge is 0.482 e. The molecule has 0 atom stereocenters. The number of amides is 1. The molecule has 0 bridgehead atoms. The van der Waals surface area contributed by atoms with Crippen LogP contribution >= 0.6 is 27.5 Å². The van der Waals surface area contributed by atoms with Gasteiger partial charge in [-0.1, -0.05) is 27.5 Å². The molecule has 128 valence electrons. The second-order valence-corrected chi connectivity index (χ2v) is 7.37. The number of carbonyl (C=O) groups is 1. The Labute approximate surface area is 150 Å². The highest BCUT2D eigenvalue weighted by molar-refractivity contribution is 9.10. The summed E-state index contributed by atoms with van der Waals surface area (Å²) in [6.45, 7) is 7.98. The van der Waals surface area contributed by atoms with E-state index >= 15 is 0 Å². The minimum absolute atomic E-state index is 0.0550. The number of benzene rings is 1. The van der Waals surface area contributed by atoms with Gasteiger partial charge in [-0.25, -0.2) is 0 Å². The van der Waals surface area contributed by atoms with Crippen molar-refractivity contribution in [3.63, 3.8) is 0 Å². The fourth-order valence-corrected chi connectivity index (χ4v) is 3.11. The zero-order chi connectivity index (χ0) is 16.9. The molecular formula is C16H22BrClN2O3. The Kier molecular flexibility index (Phi) is 6.71. The number of carbonyl (C=O) groups excluding carboxylic acids is 1. The number of nitrogens with zero attached hydrogens (tertiary/aromatic N) is 1. The summed E-state index contributed by atoms with van der Waals surface area (Å²) >= 11 is 9.39. The van der Waals surface area contributed by atoms with E-state index in [1.807, 2.05) is 6.07 Å². The van der Waals surface area contributed by atoms with Crippen molar-refractivity contribution in [2.45, 2.75) is 19.4 Å². The highest BCUT2D eigenvalue weighted by Crippen LogP contribution is 2.27. The van der Waals surface area contributed by atoms with Crippen LogP contribution in [0.2, 0.25) is 5.02 Å². The average molecular weight is 406 g/mol. The predicted octanol–water partition coefficient (Wildman–Crippen LogP) is 2.71. The lowest BCUT2D eigenvalue weighted by Gasteiger charge is -2.40. The summed E-state index contributed by atoms with van der Waals surface area (Å²) in [6.07, 6.45) is 0. The van der Waals surface area contributed by atoms with Crippen LogP contribution in [-0.2, 0) is 9.53 Å². The highest BCUT2D eigenvalue weighted by atomic mass is 79.9. The Hall–Kier alpha value is -0.820. The molecule has 1 aromatic rings. The number of ether oxygens (including phenoxy) is 2. The van der Waals surface area contributed by atoms with Crippen molar-refractivity contribution >= 4 is 33.4 Å². The summed E-state index contributed by atoms with van der Waals surface area (Å²) in [6, 6.07) is 5.29. The summed E-state index contributed by atoms with van der Waals surface area (Å²) in [5.41, 5.74) is -0.116. The first-order valence-corrected chi connectivity index (χ1v) is 8.73. The second-order valence-electron chi connectivity index (χ2n) is 6.05. The maximum atomic E-state index is 12.0. The molecule has 1 aliphatic rings. The van der Waals surface area contributed by atoms with Crippen LogP contribution in [0.5, 0.6) is 5.75 Å². The van der Waals surface area contributed by atoms with Gasteiger partial charge in [0.25, 0.3) is 5.91 Å². The molecular weight excluding hydrogens is 384 g/mol. The van der Waals surface area contributed by atoms with Crippen molar-refractivity contribution in [3.05, 3.63) is 27.7 Å². The molecule has 1 N–H and O–H groups in total.